The minimum Gasteiger partial charge on any atom is -0.468 e. The molecule has 0 saturated heterocycles. The first kappa shape index (κ1) is 21.5. The number of aromatic nitrogens is 1. The number of fused-ring (bicyclic) bond motifs is 1. The van der Waals surface area contributed by atoms with E-state index in [1.807, 2.05) is 38.1 Å². The standard InChI is InChI=1S/C23H27N3O4/c1-13-19(12-16-15-8-4-6-10-18(15)26-22(16)28)25-14(2)21(13)20(27)11-7-5-9-17(24)23(29)30-3/h4,6,8,10,12,17,25H,5,7,9,11,24H2,1-3H3,(H,26,28)/b16-12-. The van der Waals surface area contributed by atoms with Crippen LogP contribution in [0.3, 0.4) is 0 Å². The van der Waals surface area contributed by atoms with Crippen LogP contribution in [0.1, 0.15) is 58.6 Å². The van der Waals surface area contributed by atoms with E-state index < -0.39 is 12.0 Å². The maximum absolute atomic E-state index is 12.8. The summed E-state index contributed by atoms with van der Waals surface area (Å²) >= 11 is 0. The van der Waals surface area contributed by atoms with E-state index in [1.54, 1.807) is 6.08 Å². The molecular formula is C23H27N3O4. The second kappa shape index (κ2) is 9.09. The van der Waals surface area contributed by atoms with Gasteiger partial charge in [0.2, 0.25) is 0 Å². The first-order valence-corrected chi connectivity index (χ1v) is 10.0. The zero-order valence-corrected chi connectivity index (χ0v) is 17.5. The molecule has 30 heavy (non-hydrogen) atoms. The minimum absolute atomic E-state index is 0.0359. The Morgan fingerprint density at radius 3 is 2.67 bits per heavy atom. The number of hydrogen-bond acceptors (Lipinski definition) is 5. The Hall–Kier alpha value is -3.19. The van der Waals surface area contributed by atoms with Crippen LogP contribution in [0.15, 0.2) is 24.3 Å². The van der Waals surface area contributed by atoms with Gasteiger partial charge in [-0.2, -0.15) is 0 Å². The predicted octanol–water partition coefficient (Wildman–Crippen LogP) is 3.37. The average molecular weight is 409 g/mol. The lowest BCUT2D eigenvalue weighted by Crippen LogP contribution is -2.31. The molecule has 3 rings (SSSR count). The zero-order valence-electron chi connectivity index (χ0n) is 17.5. The number of nitrogens with one attached hydrogen (secondary N) is 2. The Bertz CT molecular complexity index is 1020. The lowest BCUT2D eigenvalue weighted by atomic mass is 9.99. The van der Waals surface area contributed by atoms with Crippen molar-refractivity contribution in [2.24, 2.45) is 5.73 Å². The van der Waals surface area contributed by atoms with Crippen LogP contribution in [-0.4, -0.2) is 35.8 Å². The number of esters is 1. The number of aromatic amines is 1. The number of ether oxygens (including phenoxy) is 1. The van der Waals surface area contributed by atoms with E-state index in [0.29, 0.717) is 36.8 Å². The number of unbranched alkanes of at least 4 members (excludes halogenated alkanes) is 1. The third-order valence-corrected chi connectivity index (χ3v) is 5.43. The highest BCUT2D eigenvalue weighted by Crippen LogP contribution is 2.33. The highest BCUT2D eigenvalue weighted by molar-refractivity contribution is 6.34. The number of nitrogens with two attached hydrogens (primary N) is 1. The molecule has 0 fully saturated rings. The molecule has 0 bridgehead atoms. The number of benzene rings is 1. The number of methoxy groups -OCH3 is 1. The number of amides is 1. The molecule has 0 aliphatic carbocycles. The fourth-order valence-corrected chi connectivity index (χ4v) is 3.81. The summed E-state index contributed by atoms with van der Waals surface area (Å²) in [5.74, 6) is -0.555. The number of H-pyrrole nitrogens is 1. The molecule has 0 spiro atoms. The lowest BCUT2D eigenvalue weighted by Gasteiger charge is -2.08. The van der Waals surface area contributed by atoms with E-state index in [9.17, 15) is 14.4 Å². The van der Waals surface area contributed by atoms with Gasteiger partial charge in [-0.3, -0.25) is 14.4 Å². The molecule has 0 radical (unpaired) electrons. The second-order valence-corrected chi connectivity index (χ2v) is 7.52. The molecule has 2 aromatic rings. The molecule has 1 amide bonds. The number of anilines is 1. The smallest absolute Gasteiger partial charge is 0.322 e. The van der Waals surface area contributed by atoms with Crippen molar-refractivity contribution in [1.29, 1.82) is 0 Å². The van der Waals surface area contributed by atoms with Gasteiger partial charge < -0.3 is 20.8 Å². The number of para-hydroxylation sites is 1. The van der Waals surface area contributed by atoms with Crippen LogP contribution in [0.4, 0.5) is 5.69 Å². The van der Waals surface area contributed by atoms with Gasteiger partial charge >= 0.3 is 5.97 Å². The second-order valence-electron chi connectivity index (χ2n) is 7.52. The number of aryl methyl sites for hydroxylation is 1. The fraction of sp³-hybridized carbons (Fsp3) is 0.348. The fourth-order valence-electron chi connectivity index (χ4n) is 3.81. The summed E-state index contributed by atoms with van der Waals surface area (Å²) in [5.41, 5.74) is 11.0. The monoisotopic (exact) mass is 409 g/mol. The molecule has 4 N–H and O–H groups in total. The summed E-state index contributed by atoms with van der Waals surface area (Å²) in [4.78, 5) is 39.7. The van der Waals surface area contributed by atoms with Crippen molar-refractivity contribution < 1.29 is 19.1 Å². The van der Waals surface area contributed by atoms with Crippen molar-refractivity contribution in [3.05, 3.63) is 52.3 Å². The number of hydrogen-bond donors (Lipinski definition) is 3. The highest BCUT2D eigenvalue weighted by Gasteiger charge is 2.25. The van der Waals surface area contributed by atoms with Crippen molar-refractivity contribution in [3.8, 4) is 0 Å². The number of rotatable bonds is 8. The number of carbonyl (C=O) groups excluding carboxylic acids is 3. The predicted molar refractivity (Wildman–Crippen MR) is 116 cm³/mol. The third-order valence-electron chi connectivity index (χ3n) is 5.43. The van der Waals surface area contributed by atoms with E-state index in [2.05, 4.69) is 15.0 Å². The lowest BCUT2D eigenvalue weighted by molar-refractivity contribution is -0.142. The number of ketones is 1. The molecule has 1 unspecified atom stereocenters. The number of Topliss-reactive ketones (excluding diaryl/α,β-unsaturated/α-hetero) is 1. The SMILES string of the molecule is COC(=O)C(N)CCCCC(=O)c1c(C)[nH]c(/C=C2\C(=O)Nc3ccccc32)c1C. The molecule has 7 heteroatoms. The summed E-state index contributed by atoms with van der Waals surface area (Å²) in [7, 11) is 1.31. The molecular weight excluding hydrogens is 382 g/mol. The van der Waals surface area contributed by atoms with Crippen LogP contribution in [0, 0.1) is 13.8 Å². The van der Waals surface area contributed by atoms with Crippen molar-refractivity contribution in [2.45, 2.75) is 45.6 Å². The van der Waals surface area contributed by atoms with Crippen LogP contribution in [0.2, 0.25) is 0 Å². The van der Waals surface area contributed by atoms with Crippen molar-refractivity contribution >= 4 is 35.0 Å². The third kappa shape index (κ3) is 4.36. The van der Waals surface area contributed by atoms with E-state index >= 15 is 0 Å². The highest BCUT2D eigenvalue weighted by atomic mass is 16.5. The Morgan fingerprint density at radius 2 is 1.93 bits per heavy atom. The van der Waals surface area contributed by atoms with Gasteiger partial charge in [0, 0.05) is 34.6 Å². The minimum atomic E-state index is -0.653. The average Bonchev–Trinajstić information content (AvgIpc) is 3.19. The topological polar surface area (TPSA) is 114 Å². The van der Waals surface area contributed by atoms with E-state index in [0.717, 1.165) is 28.2 Å². The molecule has 1 aliphatic rings. The van der Waals surface area contributed by atoms with Crippen LogP contribution >= 0.6 is 0 Å². The molecule has 1 atom stereocenters. The maximum Gasteiger partial charge on any atom is 0.322 e. The van der Waals surface area contributed by atoms with Crippen LogP contribution in [0.5, 0.6) is 0 Å². The molecule has 0 saturated carbocycles. The van der Waals surface area contributed by atoms with Gasteiger partial charge in [0.1, 0.15) is 6.04 Å². The van der Waals surface area contributed by atoms with Crippen LogP contribution in [0.25, 0.3) is 11.6 Å². The van der Waals surface area contributed by atoms with E-state index in [-0.39, 0.29) is 11.7 Å². The van der Waals surface area contributed by atoms with E-state index in [1.165, 1.54) is 7.11 Å². The van der Waals surface area contributed by atoms with Gasteiger partial charge in [-0.25, -0.2) is 0 Å². The zero-order chi connectivity index (χ0) is 21.8. The Kier molecular flexibility index (Phi) is 6.52. The van der Waals surface area contributed by atoms with E-state index in [4.69, 9.17) is 5.73 Å². The maximum atomic E-state index is 12.8. The Labute approximate surface area is 175 Å². The number of carbonyl (C=O) groups is 3. The van der Waals surface area contributed by atoms with Gasteiger partial charge in [-0.1, -0.05) is 24.6 Å². The van der Waals surface area contributed by atoms with Crippen molar-refractivity contribution in [2.75, 3.05) is 12.4 Å². The van der Waals surface area contributed by atoms with Crippen molar-refractivity contribution in [1.82, 2.24) is 4.98 Å². The molecule has 158 valence electrons. The molecule has 1 aromatic heterocycles. The van der Waals surface area contributed by atoms with Crippen LogP contribution < -0.4 is 11.1 Å². The molecule has 1 aromatic carbocycles. The van der Waals surface area contributed by atoms with Gasteiger partial charge in [-0.05, 0) is 44.4 Å². The summed E-state index contributed by atoms with van der Waals surface area (Å²) < 4.78 is 4.61. The summed E-state index contributed by atoms with van der Waals surface area (Å²) in [6.45, 7) is 3.74. The first-order chi connectivity index (χ1) is 14.3. The molecule has 2 heterocycles. The summed E-state index contributed by atoms with van der Waals surface area (Å²) in [6.07, 6.45) is 3.96. The van der Waals surface area contributed by atoms with Crippen molar-refractivity contribution in [3.63, 3.8) is 0 Å². The van der Waals surface area contributed by atoms with Gasteiger partial charge in [0.25, 0.3) is 5.91 Å². The Balaban J connectivity index is 1.71. The summed E-state index contributed by atoms with van der Waals surface area (Å²) in [5, 5.41) is 2.86. The van der Waals surface area contributed by atoms with Crippen LogP contribution in [-0.2, 0) is 14.3 Å². The quantitative estimate of drug-likeness (QED) is 0.268. The van der Waals surface area contributed by atoms with Gasteiger partial charge in [0.15, 0.2) is 5.78 Å². The largest absolute Gasteiger partial charge is 0.468 e. The normalized spacial score (nSPS) is 15.1. The molecule has 7 nitrogen and oxygen atoms in total. The summed E-state index contributed by atoms with van der Waals surface area (Å²) in [6, 6.07) is 6.87. The first-order valence-electron chi connectivity index (χ1n) is 10.0. The van der Waals surface area contributed by atoms with Gasteiger partial charge in [-0.15, -0.1) is 0 Å². The Morgan fingerprint density at radius 1 is 1.20 bits per heavy atom. The van der Waals surface area contributed by atoms with Gasteiger partial charge in [0.05, 0.1) is 12.7 Å². The molecule has 1 aliphatic heterocycles.